The van der Waals surface area contributed by atoms with Crippen LogP contribution in [0.4, 0.5) is 0 Å². The molecule has 1 heterocycles. The summed E-state index contributed by atoms with van der Waals surface area (Å²) in [5.41, 5.74) is 4.12. The second kappa shape index (κ2) is 9.34. The van der Waals surface area contributed by atoms with E-state index in [4.69, 9.17) is 16.3 Å². The number of phenols is 1. The average Bonchev–Trinajstić information content (AvgIpc) is 2.81. The number of carboxylic acids is 1. The van der Waals surface area contributed by atoms with E-state index in [0.717, 1.165) is 5.39 Å². The van der Waals surface area contributed by atoms with E-state index in [0.29, 0.717) is 10.9 Å². The van der Waals surface area contributed by atoms with Crippen LogP contribution in [-0.4, -0.2) is 40.1 Å². The number of nitrogens with one attached hydrogen (secondary N) is 2. The summed E-state index contributed by atoms with van der Waals surface area (Å²) in [6.07, 6.45) is 0. The second-order valence-electron chi connectivity index (χ2n) is 7.33. The average molecular weight is 480 g/mol. The SMILES string of the molecule is COCc1nc2ccc(Cl)cc2c(C(=O)NNC(=O)c2cc3ccccc3cc2O)c1C(=O)O. The summed E-state index contributed by atoms with van der Waals surface area (Å²) < 4.78 is 5.05. The molecule has 9 nitrogen and oxygen atoms in total. The second-order valence-corrected chi connectivity index (χ2v) is 7.77. The maximum atomic E-state index is 13.1. The van der Waals surface area contributed by atoms with E-state index in [1.54, 1.807) is 36.4 Å². The third-order valence-electron chi connectivity index (χ3n) is 5.14. The molecule has 0 aliphatic carbocycles. The summed E-state index contributed by atoms with van der Waals surface area (Å²) in [6, 6.07) is 14.6. The van der Waals surface area contributed by atoms with Gasteiger partial charge in [-0.15, -0.1) is 0 Å². The fourth-order valence-corrected chi connectivity index (χ4v) is 3.82. The standard InChI is InChI=1S/C24H18ClN3O6/c1-34-11-18-21(24(32)33)20(15-10-14(25)6-7-17(15)26-18)23(31)28-27-22(30)16-8-12-4-2-3-5-13(12)9-19(16)29/h2-10,29H,11H2,1H3,(H,27,30)(H,28,31)(H,32,33). The Bertz CT molecular complexity index is 1470. The largest absolute Gasteiger partial charge is 0.507 e. The minimum absolute atomic E-state index is 0.0356. The lowest BCUT2D eigenvalue weighted by molar-refractivity contribution is 0.0684. The number of benzene rings is 3. The number of halogens is 1. The lowest BCUT2D eigenvalue weighted by Gasteiger charge is -2.15. The number of carboxylic acid groups (broad SMARTS) is 1. The van der Waals surface area contributed by atoms with Gasteiger partial charge in [0.25, 0.3) is 11.8 Å². The summed E-state index contributed by atoms with van der Waals surface area (Å²) in [6.45, 7) is -0.155. The number of fused-ring (bicyclic) bond motifs is 2. The van der Waals surface area contributed by atoms with Crippen LogP contribution in [-0.2, 0) is 11.3 Å². The monoisotopic (exact) mass is 479 g/mol. The number of phenolic OH excluding ortho intramolecular Hbond substituents is 1. The first-order valence-corrected chi connectivity index (χ1v) is 10.3. The Balaban J connectivity index is 1.71. The van der Waals surface area contributed by atoms with Gasteiger partial charge in [0.1, 0.15) is 5.75 Å². The maximum absolute atomic E-state index is 13.1. The van der Waals surface area contributed by atoms with Gasteiger partial charge in [-0.2, -0.15) is 0 Å². The molecule has 10 heteroatoms. The number of amides is 2. The third-order valence-corrected chi connectivity index (χ3v) is 5.38. The molecule has 0 saturated carbocycles. The highest BCUT2D eigenvalue weighted by molar-refractivity contribution is 6.31. The number of hydrogen-bond donors (Lipinski definition) is 4. The van der Waals surface area contributed by atoms with Crippen molar-refractivity contribution in [3.05, 3.63) is 82.0 Å². The van der Waals surface area contributed by atoms with Gasteiger partial charge >= 0.3 is 5.97 Å². The number of carbonyl (C=O) groups is 3. The van der Waals surface area contributed by atoms with Gasteiger partial charge in [0.05, 0.1) is 34.5 Å². The van der Waals surface area contributed by atoms with Crippen molar-refractivity contribution in [2.45, 2.75) is 6.61 Å². The molecule has 4 rings (SSSR count). The van der Waals surface area contributed by atoms with Crippen LogP contribution in [0.3, 0.4) is 0 Å². The number of aromatic nitrogens is 1. The van der Waals surface area contributed by atoms with Crippen LogP contribution in [0.15, 0.2) is 54.6 Å². The third kappa shape index (κ3) is 4.34. The maximum Gasteiger partial charge on any atom is 0.338 e. The molecule has 0 radical (unpaired) electrons. The first-order chi connectivity index (χ1) is 16.3. The van der Waals surface area contributed by atoms with Crippen LogP contribution in [0.2, 0.25) is 5.02 Å². The number of hydrogen-bond acceptors (Lipinski definition) is 6. The van der Waals surface area contributed by atoms with E-state index in [2.05, 4.69) is 15.8 Å². The first kappa shape index (κ1) is 23.0. The van der Waals surface area contributed by atoms with E-state index in [1.165, 1.54) is 25.3 Å². The van der Waals surface area contributed by atoms with Gasteiger partial charge in [-0.1, -0.05) is 35.9 Å². The van der Waals surface area contributed by atoms with Crippen molar-refractivity contribution >= 4 is 51.1 Å². The van der Waals surface area contributed by atoms with Crippen molar-refractivity contribution in [2.24, 2.45) is 0 Å². The van der Waals surface area contributed by atoms with Crippen LogP contribution >= 0.6 is 11.6 Å². The molecule has 0 aliphatic heterocycles. The fourth-order valence-electron chi connectivity index (χ4n) is 3.65. The molecule has 34 heavy (non-hydrogen) atoms. The predicted octanol–water partition coefficient (Wildman–Crippen LogP) is 3.67. The molecule has 1 aromatic heterocycles. The Morgan fingerprint density at radius 2 is 1.65 bits per heavy atom. The summed E-state index contributed by atoms with van der Waals surface area (Å²) in [5, 5.41) is 22.0. The molecule has 4 N–H and O–H groups in total. The van der Waals surface area contributed by atoms with Gasteiger partial charge in [-0.05, 0) is 41.1 Å². The molecule has 3 aromatic carbocycles. The number of hydrazine groups is 1. The first-order valence-electron chi connectivity index (χ1n) is 9.97. The number of carbonyl (C=O) groups excluding carboxylic acids is 2. The van der Waals surface area contributed by atoms with E-state index in [9.17, 15) is 24.6 Å². The summed E-state index contributed by atoms with van der Waals surface area (Å²) >= 11 is 6.07. The summed E-state index contributed by atoms with van der Waals surface area (Å²) in [7, 11) is 1.37. The molecule has 0 atom stereocenters. The number of ether oxygens (including phenoxy) is 1. The van der Waals surface area contributed by atoms with Gasteiger partial charge in [-0.3, -0.25) is 20.4 Å². The van der Waals surface area contributed by atoms with E-state index in [1.807, 2.05) is 0 Å². The summed E-state index contributed by atoms with van der Waals surface area (Å²) in [4.78, 5) is 42.2. The lowest BCUT2D eigenvalue weighted by atomic mass is 9.99. The van der Waals surface area contributed by atoms with Crippen molar-refractivity contribution in [1.29, 1.82) is 0 Å². The van der Waals surface area contributed by atoms with E-state index < -0.39 is 17.8 Å². The zero-order chi connectivity index (χ0) is 24.4. The van der Waals surface area contributed by atoms with Gasteiger partial charge in [0.15, 0.2) is 0 Å². The number of rotatable bonds is 5. The molecular weight excluding hydrogens is 462 g/mol. The Morgan fingerprint density at radius 3 is 2.32 bits per heavy atom. The van der Waals surface area contributed by atoms with Crippen LogP contribution in [0.5, 0.6) is 5.75 Å². The van der Waals surface area contributed by atoms with Crippen LogP contribution in [0.25, 0.3) is 21.7 Å². The number of pyridine rings is 1. The molecule has 0 saturated heterocycles. The molecule has 172 valence electrons. The number of aromatic carboxylic acids is 1. The zero-order valence-electron chi connectivity index (χ0n) is 17.8. The molecule has 0 fully saturated rings. The lowest BCUT2D eigenvalue weighted by Crippen LogP contribution is -2.42. The van der Waals surface area contributed by atoms with Crippen LogP contribution in [0.1, 0.15) is 36.8 Å². The molecule has 0 bridgehead atoms. The van der Waals surface area contributed by atoms with Gasteiger partial charge in [-0.25, -0.2) is 9.78 Å². The van der Waals surface area contributed by atoms with Crippen LogP contribution < -0.4 is 10.9 Å². The fraction of sp³-hybridized carbons (Fsp3) is 0.0833. The molecule has 0 unspecified atom stereocenters. The molecule has 0 aliphatic rings. The Hall–Kier alpha value is -4.21. The highest BCUT2D eigenvalue weighted by atomic mass is 35.5. The molecule has 2 amide bonds. The minimum atomic E-state index is -1.40. The minimum Gasteiger partial charge on any atom is -0.507 e. The van der Waals surface area contributed by atoms with Gasteiger partial charge in [0, 0.05) is 17.5 Å². The van der Waals surface area contributed by atoms with Gasteiger partial charge in [0.2, 0.25) is 0 Å². The molecular formula is C24H18ClN3O6. The van der Waals surface area contributed by atoms with Crippen molar-refractivity contribution in [1.82, 2.24) is 15.8 Å². The zero-order valence-corrected chi connectivity index (χ0v) is 18.5. The number of methoxy groups -OCH3 is 1. The number of nitrogens with zero attached hydrogens (tertiary/aromatic N) is 1. The Labute approximate surface area is 197 Å². The van der Waals surface area contributed by atoms with Crippen LogP contribution in [0, 0.1) is 0 Å². The van der Waals surface area contributed by atoms with E-state index >= 15 is 0 Å². The van der Waals surface area contributed by atoms with Gasteiger partial charge < -0.3 is 14.9 Å². The number of aromatic hydroxyl groups is 1. The predicted molar refractivity (Wildman–Crippen MR) is 125 cm³/mol. The quantitative estimate of drug-likeness (QED) is 0.320. The van der Waals surface area contributed by atoms with E-state index in [-0.39, 0.29) is 45.1 Å². The van der Waals surface area contributed by atoms with Crippen molar-refractivity contribution in [3.8, 4) is 5.75 Å². The highest BCUT2D eigenvalue weighted by Crippen LogP contribution is 2.28. The molecule has 0 spiro atoms. The normalized spacial score (nSPS) is 10.9. The topological polar surface area (TPSA) is 138 Å². The van der Waals surface area contributed by atoms with Crippen molar-refractivity contribution < 1.29 is 29.3 Å². The Morgan fingerprint density at radius 1 is 0.971 bits per heavy atom. The Kier molecular flexibility index (Phi) is 6.31. The highest BCUT2D eigenvalue weighted by Gasteiger charge is 2.26. The molecule has 4 aromatic rings. The smallest absolute Gasteiger partial charge is 0.338 e. The van der Waals surface area contributed by atoms with Crippen molar-refractivity contribution in [2.75, 3.05) is 7.11 Å². The van der Waals surface area contributed by atoms with Crippen molar-refractivity contribution in [3.63, 3.8) is 0 Å². The summed E-state index contributed by atoms with van der Waals surface area (Å²) in [5.74, 6) is -3.37.